The van der Waals surface area contributed by atoms with Gasteiger partial charge in [0.1, 0.15) is 5.75 Å². The number of rotatable bonds is 3. The summed E-state index contributed by atoms with van der Waals surface area (Å²) in [6, 6.07) is 6.85. The summed E-state index contributed by atoms with van der Waals surface area (Å²) in [6.07, 6.45) is 1.19. The molecule has 1 heterocycles. The van der Waals surface area contributed by atoms with Gasteiger partial charge in [0.05, 0.1) is 7.11 Å². The Balaban J connectivity index is 2.34. The van der Waals surface area contributed by atoms with Crippen molar-refractivity contribution in [2.45, 2.75) is 29.5 Å². The average Bonchev–Trinajstić information content (AvgIpc) is 2.65. The van der Waals surface area contributed by atoms with E-state index in [4.69, 9.17) is 4.74 Å². The Labute approximate surface area is 95.4 Å². The van der Waals surface area contributed by atoms with Crippen LogP contribution in [0.1, 0.15) is 24.9 Å². The van der Waals surface area contributed by atoms with Crippen molar-refractivity contribution in [3.8, 4) is 5.75 Å². The summed E-state index contributed by atoms with van der Waals surface area (Å²) in [5.74, 6) is 0.952. The standard InChI is InChI=1S/C12H17NOS/c1-4-10-12(13-2)9-6-5-8(14-3)7-11(9)15-10/h5-7,10,12-13H,4H2,1-3H3. The highest BCUT2D eigenvalue weighted by Crippen LogP contribution is 2.46. The average molecular weight is 223 g/mol. The molecule has 82 valence electrons. The number of methoxy groups -OCH3 is 1. The molecular formula is C12H17NOS. The van der Waals surface area contributed by atoms with E-state index in [1.807, 2.05) is 24.9 Å². The van der Waals surface area contributed by atoms with Crippen LogP contribution in [0.4, 0.5) is 0 Å². The first-order chi connectivity index (χ1) is 7.30. The summed E-state index contributed by atoms with van der Waals surface area (Å²) < 4.78 is 5.24. The van der Waals surface area contributed by atoms with E-state index in [0.29, 0.717) is 11.3 Å². The number of thioether (sulfide) groups is 1. The first-order valence-corrected chi connectivity index (χ1v) is 6.20. The van der Waals surface area contributed by atoms with E-state index in [2.05, 4.69) is 24.4 Å². The molecule has 1 aliphatic heterocycles. The summed E-state index contributed by atoms with van der Waals surface area (Å²) in [5, 5.41) is 4.05. The normalized spacial score (nSPS) is 23.9. The third-order valence-electron chi connectivity index (χ3n) is 2.92. The van der Waals surface area contributed by atoms with Crippen molar-refractivity contribution >= 4 is 11.8 Å². The molecule has 0 fully saturated rings. The van der Waals surface area contributed by atoms with E-state index in [1.54, 1.807) is 7.11 Å². The van der Waals surface area contributed by atoms with Gasteiger partial charge in [0.25, 0.3) is 0 Å². The van der Waals surface area contributed by atoms with Crippen molar-refractivity contribution in [3.05, 3.63) is 23.8 Å². The summed E-state index contributed by atoms with van der Waals surface area (Å²) in [5.41, 5.74) is 1.41. The van der Waals surface area contributed by atoms with E-state index in [1.165, 1.54) is 16.9 Å². The van der Waals surface area contributed by atoms with Gasteiger partial charge in [-0.1, -0.05) is 13.0 Å². The number of ether oxygens (including phenoxy) is 1. The Morgan fingerprint density at radius 1 is 1.47 bits per heavy atom. The molecule has 0 spiro atoms. The second-order valence-electron chi connectivity index (χ2n) is 3.73. The van der Waals surface area contributed by atoms with Crippen molar-refractivity contribution in [3.63, 3.8) is 0 Å². The van der Waals surface area contributed by atoms with Gasteiger partial charge in [-0.25, -0.2) is 0 Å². The number of benzene rings is 1. The molecule has 0 aromatic heterocycles. The molecule has 0 bridgehead atoms. The number of hydrogen-bond acceptors (Lipinski definition) is 3. The van der Waals surface area contributed by atoms with Gasteiger partial charge in [0, 0.05) is 16.2 Å². The molecule has 1 N–H and O–H groups in total. The van der Waals surface area contributed by atoms with Gasteiger partial charge in [-0.2, -0.15) is 0 Å². The van der Waals surface area contributed by atoms with Crippen molar-refractivity contribution in [1.29, 1.82) is 0 Å². The predicted molar refractivity (Wildman–Crippen MR) is 64.7 cm³/mol. The molecule has 0 radical (unpaired) electrons. The minimum Gasteiger partial charge on any atom is -0.497 e. The highest BCUT2D eigenvalue weighted by molar-refractivity contribution is 8.00. The third kappa shape index (κ3) is 1.86. The van der Waals surface area contributed by atoms with Gasteiger partial charge in [-0.05, 0) is 31.2 Å². The lowest BCUT2D eigenvalue weighted by Crippen LogP contribution is -2.22. The number of fused-ring (bicyclic) bond motifs is 1. The molecule has 15 heavy (non-hydrogen) atoms. The van der Waals surface area contributed by atoms with E-state index in [0.717, 1.165) is 5.75 Å². The molecule has 2 atom stereocenters. The minimum absolute atomic E-state index is 0.487. The van der Waals surface area contributed by atoms with Crippen LogP contribution in [-0.4, -0.2) is 19.4 Å². The predicted octanol–water partition coefficient (Wildman–Crippen LogP) is 2.84. The van der Waals surface area contributed by atoms with Crippen LogP contribution in [0.2, 0.25) is 0 Å². The fourth-order valence-corrected chi connectivity index (χ4v) is 3.52. The Morgan fingerprint density at radius 2 is 2.27 bits per heavy atom. The summed E-state index contributed by atoms with van der Waals surface area (Å²) >= 11 is 1.96. The fraction of sp³-hybridized carbons (Fsp3) is 0.500. The molecule has 0 aliphatic carbocycles. The van der Waals surface area contributed by atoms with Crippen LogP contribution in [0.15, 0.2) is 23.1 Å². The molecule has 1 aromatic carbocycles. The molecule has 2 unspecified atom stereocenters. The monoisotopic (exact) mass is 223 g/mol. The quantitative estimate of drug-likeness (QED) is 0.851. The first-order valence-electron chi connectivity index (χ1n) is 5.32. The van der Waals surface area contributed by atoms with Crippen LogP contribution in [0.3, 0.4) is 0 Å². The Morgan fingerprint density at radius 3 is 2.87 bits per heavy atom. The number of hydrogen-bond donors (Lipinski definition) is 1. The molecule has 3 heteroatoms. The van der Waals surface area contributed by atoms with Crippen molar-refractivity contribution in [2.24, 2.45) is 0 Å². The second-order valence-corrected chi connectivity index (χ2v) is 5.02. The van der Waals surface area contributed by atoms with Crippen LogP contribution in [0.5, 0.6) is 5.75 Å². The molecule has 1 aliphatic rings. The largest absolute Gasteiger partial charge is 0.497 e. The van der Waals surface area contributed by atoms with Gasteiger partial charge in [-0.3, -0.25) is 0 Å². The molecule has 1 aromatic rings. The van der Waals surface area contributed by atoms with Crippen LogP contribution in [0.25, 0.3) is 0 Å². The Kier molecular flexibility index (Phi) is 3.22. The van der Waals surface area contributed by atoms with Gasteiger partial charge < -0.3 is 10.1 Å². The van der Waals surface area contributed by atoms with Crippen LogP contribution >= 0.6 is 11.8 Å². The SMILES string of the molecule is CCC1Sc2cc(OC)ccc2C1NC. The maximum atomic E-state index is 5.24. The van der Waals surface area contributed by atoms with Gasteiger partial charge in [0.2, 0.25) is 0 Å². The van der Waals surface area contributed by atoms with E-state index >= 15 is 0 Å². The van der Waals surface area contributed by atoms with Crippen molar-refractivity contribution < 1.29 is 4.74 Å². The maximum absolute atomic E-state index is 5.24. The lowest BCUT2D eigenvalue weighted by atomic mass is 10.0. The highest BCUT2D eigenvalue weighted by Gasteiger charge is 2.30. The fourth-order valence-electron chi connectivity index (χ4n) is 2.09. The van der Waals surface area contributed by atoms with Gasteiger partial charge >= 0.3 is 0 Å². The second kappa shape index (κ2) is 4.45. The van der Waals surface area contributed by atoms with Crippen molar-refractivity contribution in [1.82, 2.24) is 5.32 Å². The Bertz CT molecular complexity index is 353. The van der Waals surface area contributed by atoms with Crippen LogP contribution in [0, 0.1) is 0 Å². The van der Waals surface area contributed by atoms with Gasteiger partial charge in [-0.15, -0.1) is 11.8 Å². The molecule has 0 saturated carbocycles. The zero-order valence-electron chi connectivity index (χ0n) is 9.41. The highest BCUT2D eigenvalue weighted by atomic mass is 32.2. The molecule has 0 amide bonds. The lowest BCUT2D eigenvalue weighted by Gasteiger charge is -2.16. The zero-order valence-corrected chi connectivity index (χ0v) is 10.2. The lowest BCUT2D eigenvalue weighted by molar-refractivity contribution is 0.413. The smallest absolute Gasteiger partial charge is 0.119 e. The zero-order chi connectivity index (χ0) is 10.8. The summed E-state index contributed by atoms with van der Waals surface area (Å²) in [6.45, 7) is 2.24. The molecule has 2 rings (SSSR count). The molecule has 0 saturated heterocycles. The topological polar surface area (TPSA) is 21.3 Å². The molecule has 2 nitrogen and oxygen atoms in total. The molecular weight excluding hydrogens is 206 g/mol. The van der Waals surface area contributed by atoms with E-state index in [9.17, 15) is 0 Å². The van der Waals surface area contributed by atoms with E-state index in [-0.39, 0.29) is 0 Å². The maximum Gasteiger partial charge on any atom is 0.119 e. The third-order valence-corrected chi connectivity index (χ3v) is 4.44. The first kappa shape index (κ1) is 10.8. The summed E-state index contributed by atoms with van der Waals surface area (Å²) in [7, 11) is 3.75. The minimum atomic E-state index is 0.487. The Hall–Kier alpha value is -0.670. The van der Waals surface area contributed by atoms with E-state index < -0.39 is 0 Å². The van der Waals surface area contributed by atoms with Crippen LogP contribution < -0.4 is 10.1 Å². The summed E-state index contributed by atoms with van der Waals surface area (Å²) in [4.78, 5) is 1.36. The van der Waals surface area contributed by atoms with Gasteiger partial charge in [0.15, 0.2) is 0 Å². The van der Waals surface area contributed by atoms with Crippen molar-refractivity contribution in [2.75, 3.05) is 14.2 Å². The number of nitrogens with one attached hydrogen (secondary N) is 1. The van der Waals surface area contributed by atoms with Crippen LogP contribution in [-0.2, 0) is 0 Å².